The minimum Gasteiger partial charge on any atom is -0.381 e. The fourth-order valence-electron chi connectivity index (χ4n) is 1.63. The molecule has 0 heterocycles. The Balaban J connectivity index is 3.07. The maximum absolute atomic E-state index is 10.5. The van der Waals surface area contributed by atoms with E-state index >= 15 is 0 Å². The molecule has 1 atom stereocenters. The van der Waals surface area contributed by atoms with Gasteiger partial charge in [0.15, 0.2) is 0 Å². The average Bonchev–Trinajstić information content (AvgIpc) is 2.18. The van der Waals surface area contributed by atoms with Crippen LogP contribution in [0.2, 0.25) is 0 Å². The summed E-state index contributed by atoms with van der Waals surface area (Å²) in [7, 11) is 1.59. The molecule has 1 aromatic carbocycles. The van der Waals surface area contributed by atoms with Gasteiger partial charge in [0.05, 0.1) is 6.61 Å². The topological polar surface area (TPSA) is 29.5 Å². The van der Waals surface area contributed by atoms with Gasteiger partial charge in [-0.15, -0.1) is 0 Å². The Bertz CT molecular complexity index is 326. The molecule has 15 heavy (non-hydrogen) atoms. The fourth-order valence-corrected chi connectivity index (χ4v) is 1.63. The predicted octanol–water partition coefficient (Wildman–Crippen LogP) is 2.49. The molecule has 0 aromatic heterocycles. The zero-order valence-electron chi connectivity index (χ0n) is 9.53. The molecule has 0 saturated heterocycles. The fraction of sp³-hybridized carbons (Fsp3) is 0.385. The summed E-state index contributed by atoms with van der Waals surface area (Å²) in [4.78, 5) is 0. The second-order valence-electron chi connectivity index (χ2n) is 3.94. The van der Waals surface area contributed by atoms with Crippen LogP contribution in [0.1, 0.15) is 19.4 Å². The third-order valence-electron chi connectivity index (χ3n) is 2.17. The molecule has 82 valence electrons. The van der Waals surface area contributed by atoms with Crippen LogP contribution in [0.3, 0.4) is 0 Å². The molecule has 1 rings (SSSR count). The van der Waals surface area contributed by atoms with Gasteiger partial charge in [-0.05, 0) is 25.5 Å². The summed E-state index contributed by atoms with van der Waals surface area (Å²) < 4.78 is 5.07. The van der Waals surface area contributed by atoms with Crippen LogP contribution in [0.25, 0.3) is 0 Å². The lowest BCUT2D eigenvalue weighted by atomic mass is 9.93. The number of allylic oxidation sites excluding steroid dienone is 1. The lowest BCUT2D eigenvalue weighted by molar-refractivity contribution is 0.00222. The highest BCUT2D eigenvalue weighted by molar-refractivity contribution is 5.28. The lowest BCUT2D eigenvalue weighted by Gasteiger charge is -2.25. The molecular formula is C13H18O2. The van der Waals surface area contributed by atoms with Gasteiger partial charge in [0, 0.05) is 7.11 Å². The zero-order chi connectivity index (χ0) is 11.3. The third-order valence-corrected chi connectivity index (χ3v) is 2.17. The molecule has 1 N–H and O–H groups in total. The van der Waals surface area contributed by atoms with E-state index in [4.69, 9.17) is 4.74 Å². The summed E-state index contributed by atoms with van der Waals surface area (Å²) >= 11 is 0. The molecule has 0 aliphatic rings. The van der Waals surface area contributed by atoms with Crippen molar-refractivity contribution in [3.63, 3.8) is 0 Å². The molecule has 0 fully saturated rings. The molecule has 1 unspecified atom stereocenters. The van der Waals surface area contributed by atoms with Crippen LogP contribution in [0.15, 0.2) is 42.0 Å². The van der Waals surface area contributed by atoms with Crippen LogP contribution in [0.5, 0.6) is 0 Å². The average molecular weight is 206 g/mol. The maximum atomic E-state index is 10.5. The largest absolute Gasteiger partial charge is 0.381 e. The van der Waals surface area contributed by atoms with Crippen molar-refractivity contribution in [2.24, 2.45) is 0 Å². The van der Waals surface area contributed by atoms with E-state index in [0.717, 1.165) is 11.1 Å². The number of hydrogen-bond donors (Lipinski definition) is 1. The third kappa shape index (κ3) is 3.18. The van der Waals surface area contributed by atoms with Gasteiger partial charge in [0.25, 0.3) is 0 Å². The Morgan fingerprint density at radius 2 is 1.93 bits per heavy atom. The van der Waals surface area contributed by atoms with E-state index in [2.05, 4.69) is 0 Å². The summed E-state index contributed by atoms with van der Waals surface area (Å²) in [5, 5.41) is 10.5. The Morgan fingerprint density at radius 3 is 2.40 bits per heavy atom. The minimum absolute atomic E-state index is 0.266. The molecule has 1 aromatic rings. The number of ether oxygens (including phenoxy) is 1. The lowest BCUT2D eigenvalue weighted by Crippen LogP contribution is -2.29. The summed E-state index contributed by atoms with van der Waals surface area (Å²) in [6.45, 7) is 4.19. The molecule has 0 bridgehead atoms. The SMILES string of the molecule is COCC(O)(C=C(C)C)c1ccccc1. The summed E-state index contributed by atoms with van der Waals surface area (Å²) in [6.07, 6.45) is 1.83. The second-order valence-corrected chi connectivity index (χ2v) is 3.94. The molecule has 0 spiro atoms. The van der Waals surface area contributed by atoms with Crippen molar-refractivity contribution in [3.05, 3.63) is 47.5 Å². The highest BCUT2D eigenvalue weighted by atomic mass is 16.5. The van der Waals surface area contributed by atoms with Crippen LogP contribution < -0.4 is 0 Å². The van der Waals surface area contributed by atoms with Crippen molar-refractivity contribution in [2.45, 2.75) is 19.4 Å². The molecule has 0 radical (unpaired) electrons. The van der Waals surface area contributed by atoms with Crippen LogP contribution >= 0.6 is 0 Å². The predicted molar refractivity (Wildman–Crippen MR) is 61.6 cm³/mol. The maximum Gasteiger partial charge on any atom is 0.131 e. The van der Waals surface area contributed by atoms with Crippen molar-refractivity contribution < 1.29 is 9.84 Å². The first-order valence-corrected chi connectivity index (χ1v) is 5.01. The van der Waals surface area contributed by atoms with Gasteiger partial charge in [0.2, 0.25) is 0 Å². The van der Waals surface area contributed by atoms with Crippen molar-refractivity contribution in [1.29, 1.82) is 0 Å². The van der Waals surface area contributed by atoms with Crippen LogP contribution in [-0.2, 0) is 10.3 Å². The molecule has 0 aliphatic carbocycles. The smallest absolute Gasteiger partial charge is 0.131 e. The number of methoxy groups -OCH3 is 1. The van der Waals surface area contributed by atoms with Gasteiger partial charge < -0.3 is 9.84 Å². The van der Waals surface area contributed by atoms with Gasteiger partial charge in [-0.1, -0.05) is 35.9 Å². The van der Waals surface area contributed by atoms with Gasteiger partial charge in [-0.25, -0.2) is 0 Å². The van der Waals surface area contributed by atoms with Gasteiger partial charge in [0.1, 0.15) is 5.60 Å². The van der Waals surface area contributed by atoms with E-state index in [1.807, 2.05) is 50.3 Å². The normalized spacial score (nSPS) is 14.4. The Kier molecular flexibility index (Phi) is 4.06. The monoisotopic (exact) mass is 206 g/mol. The van der Waals surface area contributed by atoms with Gasteiger partial charge in [-0.2, -0.15) is 0 Å². The standard InChI is InChI=1S/C13H18O2/c1-11(2)9-13(14,10-15-3)12-7-5-4-6-8-12/h4-9,14H,10H2,1-3H3. The van der Waals surface area contributed by atoms with Crippen LogP contribution in [-0.4, -0.2) is 18.8 Å². The highest BCUT2D eigenvalue weighted by Gasteiger charge is 2.25. The van der Waals surface area contributed by atoms with Crippen molar-refractivity contribution in [2.75, 3.05) is 13.7 Å². The molecule has 0 aliphatic heterocycles. The quantitative estimate of drug-likeness (QED) is 0.767. The highest BCUT2D eigenvalue weighted by Crippen LogP contribution is 2.24. The Hall–Kier alpha value is -1.12. The zero-order valence-corrected chi connectivity index (χ0v) is 9.53. The molecule has 0 saturated carbocycles. The summed E-state index contributed by atoms with van der Waals surface area (Å²) in [5.74, 6) is 0. The van der Waals surface area contributed by atoms with Crippen LogP contribution in [0, 0.1) is 0 Å². The van der Waals surface area contributed by atoms with Crippen molar-refractivity contribution in [1.82, 2.24) is 0 Å². The number of rotatable bonds is 4. The van der Waals surface area contributed by atoms with Crippen molar-refractivity contribution in [3.8, 4) is 0 Å². The first-order valence-electron chi connectivity index (χ1n) is 5.01. The van der Waals surface area contributed by atoms with Gasteiger partial charge >= 0.3 is 0 Å². The van der Waals surface area contributed by atoms with Crippen LogP contribution in [0.4, 0.5) is 0 Å². The van der Waals surface area contributed by atoms with Gasteiger partial charge in [-0.3, -0.25) is 0 Å². The molecule has 2 heteroatoms. The van der Waals surface area contributed by atoms with E-state index in [-0.39, 0.29) is 6.61 Å². The summed E-state index contributed by atoms with van der Waals surface area (Å²) in [5.41, 5.74) is 0.904. The number of benzene rings is 1. The van der Waals surface area contributed by atoms with Crippen molar-refractivity contribution >= 4 is 0 Å². The second kappa shape index (κ2) is 5.10. The molecule has 0 amide bonds. The van der Waals surface area contributed by atoms with E-state index in [0.29, 0.717) is 0 Å². The summed E-state index contributed by atoms with van der Waals surface area (Å²) in [6, 6.07) is 9.56. The number of aliphatic hydroxyl groups is 1. The molecular weight excluding hydrogens is 188 g/mol. The first-order chi connectivity index (χ1) is 7.08. The van der Waals surface area contributed by atoms with E-state index in [1.54, 1.807) is 7.11 Å². The number of hydrogen-bond acceptors (Lipinski definition) is 2. The Morgan fingerprint density at radius 1 is 1.33 bits per heavy atom. The minimum atomic E-state index is -1.02. The van der Waals surface area contributed by atoms with E-state index in [1.165, 1.54) is 0 Å². The van der Waals surface area contributed by atoms with E-state index in [9.17, 15) is 5.11 Å². The first kappa shape index (κ1) is 12.0. The Labute approximate surface area is 91.2 Å². The molecule has 2 nitrogen and oxygen atoms in total. The van der Waals surface area contributed by atoms with E-state index < -0.39 is 5.60 Å².